The van der Waals surface area contributed by atoms with Gasteiger partial charge in [0.2, 0.25) is 0 Å². The third kappa shape index (κ3) is 5.65. The van der Waals surface area contributed by atoms with Crippen molar-refractivity contribution < 1.29 is 42.1 Å². The van der Waals surface area contributed by atoms with Crippen molar-refractivity contribution in [2.75, 3.05) is 11.9 Å². The zero-order chi connectivity index (χ0) is 26.9. The number of benzene rings is 2. The summed E-state index contributed by atoms with van der Waals surface area (Å²) >= 11 is 0. The number of primary amides is 1. The van der Waals surface area contributed by atoms with Crippen molar-refractivity contribution in [2.45, 2.75) is 37.5 Å². The second-order valence-corrected chi connectivity index (χ2v) is 8.88. The molecule has 0 saturated heterocycles. The third-order valence-corrected chi connectivity index (χ3v) is 5.66. The van der Waals surface area contributed by atoms with Crippen LogP contribution in [-0.4, -0.2) is 45.6 Å². The number of ether oxygens (including phenoxy) is 1. The van der Waals surface area contributed by atoms with Gasteiger partial charge in [-0.3, -0.25) is 0 Å². The highest BCUT2D eigenvalue weighted by molar-refractivity contribution is 5.98. The number of carbonyl (C=O) groups is 2. The summed E-state index contributed by atoms with van der Waals surface area (Å²) in [5, 5.41) is 23.7. The predicted molar refractivity (Wildman–Crippen MR) is 122 cm³/mol. The number of fused-ring (bicyclic) bond motifs is 1. The number of aliphatic hydroxyl groups is 1. The summed E-state index contributed by atoms with van der Waals surface area (Å²) in [6, 6.07) is 9.90. The number of phenolic OH excluding ortho intramolecular Hbond substituents is 1. The van der Waals surface area contributed by atoms with Gasteiger partial charge in [-0.2, -0.15) is 13.2 Å². The average molecular weight is 509 g/mol. The number of esters is 1. The van der Waals surface area contributed by atoms with Crippen molar-refractivity contribution in [2.24, 2.45) is 5.73 Å². The number of pyridine rings is 1. The highest BCUT2D eigenvalue weighted by Gasteiger charge is 2.56. The fourth-order valence-corrected chi connectivity index (χ4v) is 3.95. The lowest BCUT2D eigenvalue weighted by atomic mass is 9.74. The van der Waals surface area contributed by atoms with Crippen molar-refractivity contribution in [1.82, 2.24) is 4.98 Å². The van der Waals surface area contributed by atoms with Gasteiger partial charge in [-0.15, -0.1) is 0 Å². The Morgan fingerprint density at radius 2 is 1.81 bits per heavy atom. The van der Waals surface area contributed by atoms with Gasteiger partial charge in [0, 0.05) is 16.6 Å². The first-order chi connectivity index (χ1) is 16.6. The molecular weight excluding hydrogens is 486 g/mol. The van der Waals surface area contributed by atoms with E-state index >= 15 is 0 Å². The molecule has 0 radical (unpaired) electrons. The number of phenols is 1. The van der Waals surface area contributed by atoms with Crippen LogP contribution >= 0.6 is 0 Å². The Morgan fingerprint density at radius 3 is 2.44 bits per heavy atom. The van der Waals surface area contributed by atoms with Gasteiger partial charge in [0.15, 0.2) is 5.60 Å². The number of nitrogens with one attached hydrogen (secondary N) is 1. The van der Waals surface area contributed by atoms with Crippen molar-refractivity contribution in [3.05, 3.63) is 65.6 Å². The maximum absolute atomic E-state index is 14.1. The first-order valence-corrected chi connectivity index (χ1v) is 10.6. The lowest BCUT2D eigenvalue weighted by Gasteiger charge is -2.38. The molecule has 1 heterocycles. The fourth-order valence-electron chi connectivity index (χ4n) is 3.95. The fraction of sp³-hybridized carbons (Fsp3) is 0.292. The van der Waals surface area contributed by atoms with Crippen molar-refractivity contribution >= 4 is 28.7 Å². The largest absolute Gasteiger partial charge is 0.508 e. The predicted octanol–water partition coefficient (Wildman–Crippen LogP) is 4.39. The van der Waals surface area contributed by atoms with E-state index in [-0.39, 0.29) is 22.5 Å². The second-order valence-electron chi connectivity index (χ2n) is 8.88. The van der Waals surface area contributed by atoms with E-state index in [1.54, 1.807) is 0 Å². The number of nitrogens with zero attached hydrogens (tertiary/aromatic N) is 1. The molecule has 2 aromatic carbocycles. The zero-order valence-electron chi connectivity index (χ0n) is 19.2. The van der Waals surface area contributed by atoms with Gasteiger partial charge in [-0.1, -0.05) is 19.9 Å². The highest BCUT2D eigenvalue weighted by Crippen LogP contribution is 2.43. The maximum Gasteiger partial charge on any atom is 0.418 e. The Kier molecular flexibility index (Phi) is 7.12. The van der Waals surface area contributed by atoms with Crippen LogP contribution in [-0.2, 0) is 10.2 Å². The molecule has 0 bridgehead atoms. The molecule has 0 aliphatic carbocycles. The lowest BCUT2D eigenvalue weighted by molar-refractivity contribution is -0.260. The third-order valence-electron chi connectivity index (χ3n) is 5.66. The molecular formula is C24H23F4N3O5. The monoisotopic (exact) mass is 509 g/mol. The summed E-state index contributed by atoms with van der Waals surface area (Å²) in [7, 11) is 0. The number of hydrogen-bond acceptors (Lipinski definition) is 7. The quantitative estimate of drug-likeness (QED) is 0.211. The molecule has 1 aromatic heterocycles. The van der Waals surface area contributed by atoms with Crippen LogP contribution in [0.1, 0.15) is 36.3 Å². The van der Waals surface area contributed by atoms with Crippen LogP contribution in [0.4, 0.5) is 28.0 Å². The van der Waals surface area contributed by atoms with Crippen LogP contribution in [0.25, 0.3) is 10.9 Å². The molecule has 1 atom stereocenters. The highest BCUT2D eigenvalue weighted by atomic mass is 19.4. The van der Waals surface area contributed by atoms with Crippen LogP contribution in [0.3, 0.4) is 0 Å². The molecule has 3 rings (SSSR count). The Hall–Kier alpha value is -3.93. The van der Waals surface area contributed by atoms with Gasteiger partial charge < -0.3 is 26.0 Å². The van der Waals surface area contributed by atoms with E-state index < -0.39 is 53.8 Å². The molecule has 0 spiro atoms. The van der Waals surface area contributed by atoms with Gasteiger partial charge in [-0.25, -0.2) is 19.0 Å². The topological polar surface area (TPSA) is 135 Å². The molecule has 8 nitrogen and oxygen atoms in total. The number of halogens is 4. The minimum atomic E-state index is -5.09. The molecule has 3 aromatic rings. The number of amides is 1. The van der Waals surface area contributed by atoms with Gasteiger partial charge in [0.1, 0.15) is 17.3 Å². The average Bonchev–Trinajstić information content (AvgIpc) is 2.77. The number of nitrogens with two attached hydrogens (primary N) is 1. The Labute approximate surface area is 202 Å². The van der Waals surface area contributed by atoms with Gasteiger partial charge in [0.25, 0.3) is 0 Å². The van der Waals surface area contributed by atoms with Crippen LogP contribution in [0.2, 0.25) is 0 Å². The van der Waals surface area contributed by atoms with Crippen molar-refractivity contribution in [3.8, 4) is 5.75 Å². The van der Waals surface area contributed by atoms with Crippen LogP contribution in [0.5, 0.6) is 5.75 Å². The minimum absolute atomic E-state index is 0.0880. The Bertz CT molecular complexity index is 1310. The number of anilines is 1. The smallest absolute Gasteiger partial charge is 0.418 e. The molecule has 1 unspecified atom stereocenters. The number of carbonyl (C=O) groups excluding carboxylic acids is 2. The molecule has 192 valence electrons. The molecule has 0 saturated carbocycles. The normalized spacial score (nSPS) is 13.8. The second kappa shape index (κ2) is 9.61. The van der Waals surface area contributed by atoms with E-state index in [0.29, 0.717) is 5.39 Å². The summed E-state index contributed by atoms with van der Waals surface area (Å²) < 4.78 is 60.2. The van der Waals surface area contributed by atoms with E-state index in [1.807, 2.05) is 0 Å². The van der Waals surface area contributed by atoms with E-state index in [1.165, 1.54) is 44.2 Å². The standard InChI is InChI=1S/C24H23F4N3O5/c1-22(2,15-10-13(25)6-9-19(15)32)11-23(35,24(26,27)28)12-30-16-4-3-5-17-14(16)7-8-18(31-17)20(33)36-21(29)34/h3-10,30,32,35H,11-12H2,1-2H3,(H2,29,34). The van der Waals surface area contributed by atoms with Crippen molar-refractivity contribution in [3.63, 3.8) is 0 Å². The summed E-state index contributed by atoms with van der Waals surface area (Å²) in [6.45, 7) is 1.72. The maximum atomic E-state index is 14.1. The molecule has 5 N–H and O–H groups in total. The molecule has 1 amide bonds. The zero-order valence-corrected chi connectivity index (χ0v) is 19.2. The van der Waals surface area contributed by atoms with E-state index in [2.05, 4.69) is 15.0 Å². The van der Waals surface area contributed by atoms with Gasteiger partial charge >= 0.3 is 18.2 Å². The number of aromatic hydroxyl groups is 1. The molecule has 0 aliphatic rings. The molecule has 0 aliphatic heterocycles. The molecule has 12 heteroatoms. The Balaban J connectivity index is 1.90. The minimum Gasteiger partial charge on any atom is -0.508 e. The van der Waals surface area contributed by atoms with Crippen LogP contribution in [0.15, 0.2) is 48.5 Å². The van der Waals surface area contributed by atoms with Crippen molar-refractivity contribution in [1.29, 1.82) is 0 Å². The molecule has 0 fully saturated rings. The van der Waals surface area contributed by atoms with Crippen LogP contribution < -0.4 is 11.1 Å². The van der Waals surface area contributed by atoms with Crippen LogP contribution in [0, 0.1) is 5.82 Å². The summed E-state index contributed by atoms with van der Waals surface area (Å²) in [5.74, 6) is -2.24. The summed E-state index contributed by atoms with van der Waals surface area (Å²) in [4.78, 5) is 26.7. The first-order valence-electron chi connectivity index (χ1n) is 10.6. The number of rotatable bonds is 7. The molecule has 36 heavy (non-hydrogen) atoms. The Morgan fingerprint density at radius 1 is 1.11 bits per heavy atom. The number of hydrogen-bond donors (Lipinski definition) is 4. The summed E-state index contributed by atoms with van der Waals surface area (Å²) in [6.07, 6.45) is -7.31. The van der Waals surface area contributed by atoms with Gasteiger partial charge in [0.05, 0.1) is 12.1 Å². The van der Waals surface area contributed by atoms with E-state index in [4.69, 9.17) is 5.73 Å². The van der Waals surface area contributed by atoms with E-state index in [0.717, 1.165) is 18.2 Å². The van der Waals surface area contributed by atoms with Gasteiger partial charge in [-0.05, 0) is 54.3 Å². The lowest BCUT2D eigenvalue weighted by Crippen LogP contribution is -2.53. The van der Waals surface area contributed by atoms with E-state index in [9.17, 15) is 37.4 Å². The summed E-state index contributed by atoms with van der Waals surface area (Å²) in [5.41, 5.74) is 0.0797. The SMILES string of the molecule is CC(C)(CC(O)(CNc1cccc2nc(C(=O)OC(N)=O)ccc12)C(F)(F)F)c1cc(F)ccc1O. The number of alkyl halides is 3. The number of aromatic nitrogens is 1. The first kappa shape index (κ1) is 26.7.